The summed E-state index contributed by atoms with van der Waals surface area (Å²) in [4.78, 5) is 42.9. The number of rotatable bonds is 13. The van der Waals surface area contributed by atoms with Crippen LogP contribution in [0.25, 0.3) is 11.1 Å². The van der Waals surface area contributed by atoms with Gasteiger partial charge in [-0.25, -0.2) is 19.8 Å². The zero-order valence-corrected chi connectivity index (χ0v) is 29.2. The molecule has 0 saturated heterocycles. The fourth-order valence-corrected chi connectivity index (χ4v) is 5.02. The molecule has 0 aliphatic heterocycles. The Kier molecular flexibility index (Phi) is 13.5. The van der Waals surface area contributed by atoms with E-state index in [0.717, 1.165) is 22.3 Å². The summed E-state index contributed by atoms with van der Waals surface area (Å²) in [7, 11) is 2.82. The van der Waals surface area contributed by atoms with E-state index in [1.54, 1.807) is 45.3 Å². The number of pyridine rings is 1. The van der Waals surface area contributed by atoms with E-state index in [9.17, 15) is 19.5 Å². The second-order valence-electron chi connectivity index (χ2n) is 13.7. The molecule has 0 aliphatic rings. The van der Waals surface area contributed by atoms with Crippen molar-refractivity contribution >= 4 is 18.1 Å². The number of primary amides is 1. The number of amides is 3. The van der Waals surface area contributed by atoms with E-state index in [4.69, 9.17) is 14.2 Å². The number of methoxy groups -OCH3 is 2. The minimum Gasteiger partial charge on any atom is -0.497 e. The molecule has 3 rings (SSSR count). The fraction of sp³-hybridized carbons (Fsp3) is 0.444. The average Bonchev–Trinajstić information content (AvgIpc) is 3.02. The Morgan fingerprint density at radius 3 is 1.96 bits per heavy atom. The lowest BCUT2D eigenvalue weighted by atomic mass is 9.86. The van der Waals surface area contributed by atoms with E-state index < -0.39 is 41.4 Å². The molecule has 1 aromatic heterocycles. The number of benzene rings is 2. The van der Waals surface area contributed by atoms with Gasteiger partial charge in [0.1, 0.15) is 11.4 Å². The Hall–Kier alpha value is -4.52. The predicted octanol–water partition coefficient (Wildman–Crippen LogP) is 3.83. The van der Waals surface area contributed by atoms with Crippen LogP contribution in [-0.4, -0.2) is 77.7 Å². The molecule has 1 heterocycles. The highest BCUT2D eigenvalue weighted by Gasteiger charge is 2.38. The maximum atomic E-state index is 13.8. The van der Waals surface area contributed by atoms with Gasteiger partial charge in [-0.15, -0.1) is 5.01 Å². The first-order chi connectivity index (χ1) is 22.6. The van der Waals surface area contributed by atoms with Crippen molar-refractivity contribution in [3.05, 3.63) is 84.2 Å². The van der Waals surface area contributed by atoms with E-state index in [1.807, 2.05) is 81.4 Å². The highest BCUT2D eigenvalue weighted by molar-refractivity contribution is 5.79. The molecule has 0 spiro atoms. The molecular weight excluding hydrogens is 614 g/mol. The first-order valence-corrected chi connectivity index (χ1v) is 15.8. The van der Waals surface area contributed by atoms with Crippen LogP contribution in [-0.2, 0) is 27.2 Å². The molecule has 5 N–H and O–H groups in total. The first kappa shape index (κ1) is 37.9. The lowest BCUT2D eigenvalue weighted by Crippen LogP contribution is -3.00. The highest BCUT2D eigenvalue weighted by atomic mass is 16.6. The summed E-state index contributed by atoms with van der Waals surface area (Å²) in [5, 5.41) is 18.9. The zero-order valence-electron chi connectivity index (χ0n) is 29.2. The van der Waals surface area contributed by atoms with Crippen LogP contribution in [0.1, 0.15) is 52.7 Å². The first-order valence-electron chi connectivity index (χ1n) is 15.8. The Morgan fingerprint density at radius 1 is 0.833 bits per heavy atom. The smallest absolute Gasteiger partial charge is 0.407 e. The van der Waals surface area contributed by atoms with Crippen molar-refractivity contribution in [3.63, 3.8) is 0 Å². The second kappa shape index (κ2) is 17.0. The third kappa shape index (κ3) is 12.3. The number of quaternary nitrogens is 1. The van der Waals surface area contributed by atoms with E-state index in [-0.39, 0.29) is 25.4 Å². The van der Waals surface area contributed by atoms with Crippen LogP contribution in [0.5, 0.6) is 5.75 Å². The zero-order chi connectivity index (χ0) is 35.5. The third-order valence-electron chi connectivity index (χ3n) is 7.46. The molecule has 1 unspecified atom stereocenters. The maximum absolute atomic E-state index is 13.8. The SMILES string of the molecule is COC(=O)NC(C(=O)[NH2+]N(Cc1ccc(-c2ccncc2)cc1)C[C@H](O)[C@H](Cc1ccc(OC)cc1)NC(=O)OC(C)(C)C)C(C)(C)C. The number of alkyl carbamates (subject to hydrolysis) is 2. The van der Waals surface area contributed by atoms with Gasteiger partial charge < -0.3 is 30.0 Å². The molecule has 0 fully saturated rings. The normalized spacial score (nSPS) is 13.6. The number of nitrogens with one attached hydrogen (secondary N) is 2. The molecule has 3 aromatic rings. The molecule has 2 aromatic carbocycles. The van der Waals surface area contributed by atoms with Crippen molar-refractivity contribution in [2.75, 3.05) is 20.8 Å². The van der Waals surface area contributed by atoms with Crippen LogP contribution in [0, 0.1) is 5.41 Å². The van der Waals surface area contributed by atoms with Crippen LogP contribution in [0.4, 0.5) is 9.59 Å². The van der Waals surface area contributed by atoms with Gasteiger partial charge in [-0.05, 0) is 79.1 Å². The Morgan fingerprint density at radius 2 is 1.42 bits per heavy atom. The standard InChI is InChI=1S/C36H49N5O7/c1-35(2,3)31(39-33(44)47-8)32(43)40-41(22-25-9-13-26(14-10-25)27-17-19-37-20-18-27)23-30(42)29(38-34(45)48-36(4,5)6)21-24-11-15-28(46-7)16-12-24/h9-20,29-31,42H,21-23H2,1-8H3,(H,38,45)(H,39,44)(H,40,43)/p+1/t29-,30-,31?/m0/s1. The second-order valence-corrected chi connectivity index (χ2v) is 13.7. The lowest BCUT2D eigenvalue weighted by molar-refractivity contribution is -0.735. The third-order valence-corrected chi connectivity index (χ3v) is 7.46. The average molecular weight is 665 g/mol. The van der Waals surface area contributed by atoms with Crippen LogP contribution in [0.2, 0.25) is 0 Å². The van der Waals surface area contributed by atoms with Gasteiger partial charge in [-0.2, -0.15) is 0 Å². The summed E-state index contributed by atoms with van der Waals surface area (Å²) in [5.74, 6) is 0.305. The number of aliphatic hydroxyl groups excluding tert-OH is 1. The van der Waals surface area contributed by atoms with Crippen LogP contribution in [0.3, 0.4) is 0 Å². The number of hydrogen-bond acceptors (Lipinski definition) is 9. The number of aromatic nitrogens is 1. The highest BCUT2D eigenvalue weighted by Crippen LogP contribution is 2.21. The lowest BCUT2D eigenvalue weighted by Gasteiger charge is -2.31. The monoisotopic (exact) mass is 664 g/mol. The molecule has 3 atom stereocenters. The number of nitrogens with zero attached hydrogens (tertiary/aromatic N) is 2. The van der Waals surface area contributed by atoms with E-state index >= 15 is 0 Å². The van der Waals surface area contributed by atoms with Crippen molar-refractivity contribution in [1.29, 1.82) is 0 Å². The van der Waals surface area contributed by atoms with Crippen molar-refractivity contribution in [2.24, 2.45) is 5.41 Å². The molecule has 48 heavy (non-hydrogen) atoms. The Balaban J connectivity index is 1.91. The van der Waals surface area contributed by atoms with Crippen molar-refractivity contribution in [2.45, 2.75) is 78.3 Å². The van der Waals surface area contributed by atoms with Crippen molar-refractivity contribution in [1.82, 2.24) is 20.6 Å². The largest absolute Gasteiger partial charge is 0.497 e. The van der Waals surface area contributed by atoms with Gasteiger partial charge in [0.05, 0.1) is 39.5 Å². The fourth-order valence-electron chi connectivity index (χ4n) is 5.02. The van der Waals surface area contributed by atoms with Crippen LogP contribution >= 0.6 is 0 Å². The molecule has 12 heteroatoms. The molecule has 0 saturated carbocycles. The number of ether oxygens (including phenoxy) is 3. The summed E-state index contributed by atoms with van der Waals surface area (Å²) < 4.78 is 15.6. The summed E-state index contributed by atoms with van der Waals surface area (Å²) in [5.41, 5.74) is 3.76. The van der Waals surface area contributed by atoms with Gasteiger partial charge in [0.2, 0.25) is 0 Å². The van der Waals surface area contributed by atoms with Gasteiger partial charge in [0, 0.05) is 12.4 Å². The topological polar surface area (TPSA) is 156 Å². The van der Waals surface area contributed by atoms with Gasteiger partial charge in [-0.3, -0.25) is 4.98 Å². The number of aliphatic hydroxyl groups is 1. The number of hydrogen-bond donors (Lipinski definition) is 4. The number of carbonyl (C=O) groups excluding carboxylic acids is 3. The Labute approximate surface area is 283 Å². The predicted molar refractivity (Wildman–Crippen MR) is 182 cm³/mol. The van der Waals surface area contributed by atoms with Crippen LogP contribution in [0.15, 0.2) is 73.1 Å². The maximum Gasteiger partial charge on any atom is 0.407 e. The number of nitrogens with two attached hydrogens (primary N) is 1. The molecule has 12 nitrogen and oxygen atoms in total. The van der Waals surface area contributed by atoms with Gasteiger partial charge in [-0.1, -0.05) is 57.2 Å². The van der Waals surface area contributed by atoms with E-state index in [1.165, 1.54) is 12.5 Å². The minimum atomic E-state index is -1.14. The Bertz CT molecular complexity index is 1470. The quantitative estimate of drug-likeness (QED) is 0.158. The summed E-state index contributed by atoms with van der Waals surface area (Å²) in [6.07, 6.45) is 1.20. The van der Waals surface area contributed by atoms with Crippen molar-refractivity contribution < 1.29 is 39.1 Å². The molecule has 0 bridgehead atoms. The molecule has 260 valence electrons. The van der Waals surface area contributed by atoms with E-state index in [0.29, 0.717) is 5.75 Å². The van der Waals surface area contributed by atoms with Crippen molar-refractivity contribution in [3.8, 4) is 16.9 Å². The molecular formula is C36H50N5O7+. The molecule has 0 radical (unpaired) electrons. The minimum absolute atomic E-state index is 0.0243. The van der Waals surface area contributed by atoms with Gasteiger partial charge >= 0.3 is 18.1 Å². The van der Waals surface area contributed by atoms with E-state index in [2.05, 4.69) is 15.6 Å². The van der Waals surface area contributed by atoms with Gasteiger partial charge in [0.15, 0.2) is 6.04 Å². The summed E-state index contributed by atoms with van der Waals surface area (Å²) in [6, 6.07) is 17.4. The van der Waals surface area contributed by atoms with Crippen LogP contribution < -0.4 is 20.8 Å². The summed E-state index contributed by atoms with van der Waals surface area (Å²) in [6.45, 7) is 11.0. The summed E-state index contributed by atoms with van der Waals surface area (Å²) >= 11 is 0. The van der Waals surface area contributed by atoms with Gasteiger partial charge in [0.25, 0.3) is 0 Å². The molecule has 3 amide bonds. The number of carbonyl (C=O) groups is 3. The molecule has 0 aliphatic carbocycles.